The van der Waals surface area contributed by atoms with E-state index in [-0.39, 0.29) is 6.09 Å². The molecule has 0 aliphatic carbocycles. The summed E-state index contributed by atoms with van der Waals surface area (Å²) in [6, 6.07) is 0. The fourth-order valence-electron chi connectivity index (χ4n) is 1.83. The van der Waals surface area contributed by atoms with E-state index in [0.717, 1.165) is 17.7 Å². The number of nitrogen functional groups attached to an aromatic ring is 1. The number of anilines is 1. The number of aromatic nitrogens is 2. The van der Waals surface area contributed by atoms with Gasteiger partial charge in [-0.2, -0.15) is 5.10 Å². The Balaban J connectivity index is 2.24. The van der Waals surface area contributed by atoms with Gasteiger partial charge >= 0.3 is 6.09 Å². The van der Waals surface area contributed by atoms with Crippen molar-refractivity contribution in [1.82, 2.24) is 14.7 Å². The van der Waals surface area contributed by atoms with Gasteiger partial charge in [0.1, 0.15) is 5.82 Å². The predicted molar refractivity (Wildman–Crippen MR) is 54.1 cm³/mol. The van der Waals surface area contributed by atoms with Crippen molar-refractivity contribution < 1.29 is 9.53 Å². The molecule has 0 fully saturated rings. The van der Waals surface area contributed by atoms with Crippen molar-refractivity contribution in [2.75, 3.05) is 19.4 Å². The minimum Gasteiger partial charge on any atom is -0.453 e. The summed E-state index contributed by atoms with van der Waals surface area (Å²) < 4.78 is 6.31. The minimum atomic E-state index is -0.315. The Kier molecular flexibility index (Phi) is 2.26. The third-order valence-electron chi connectivity index (χ3n) is 2.68. The molecule has 0 unspecified atom stereocenters. The fourth-order valence-corrected chi connectivity index (χ4v) is 1.83. The molecule has 0 saturated heterocycles. The maximum Gasteiger partial charge on any atom is 0.409 e. The van der Waals surface area contributed by atoms with E-state index in [1.165, 1.54) is 7.11 Å². The number of nitrogens with zero attached hydrogens (tertiary/aromatic N) is 3. The molecule has 0 saturated carbocycles. The molecule has 1 aliphatic heterocycles. The molecule has 6 heteroatoms. The number of ether oxygens (including phenoxy) is 1. The molecule has 1 amide bonds. The molecule has 15 heavy (non-hydrogen) atoms. The standard InChI is InChI=1S/C9H14N4O2/c1-12-8(10)6-3-4-13(9(14)15-2)5-7(6)11-12/h3-5,10H2,1-2H3. The van der Waals surface area contributed by atoms with E-state index < -0.39 is 0 Å². The number of aryl methyl sites for hydroxylation is 1. The second kappa shape index (κ2) is 3.45. The lowest BCUT2D eigenvalue weighted by Crippen LogP contribution is -2.35. The Morgan fingerprint density at radius 2 is 2.33 bits per heavy atom. The van der Waals surface area contributed by atoms with Crippen LogP contribution in [0.15, 0.2) is 0 Å². The molecule has 0 bridgehead atoms. The second-order valence-corrected chi connectivity index (χ2v) is 3.58. The Hall–Kier alpha value is -1.72. The number of rotatable bonds is 0. The first-order valence-corrected chi connectivity index (χ1v) is 4.76. The summed E-state index contributed by atoms with van der Waals surface area (Å²) in [5, 5.41) is 4.26. The quantitative estimate of drug-likeness (QED) is 0.660. The Labute approximate surface area is 87.6 Å². The first kappa shape index (κ1) is 9.82. The van der Waals surface area contributed by atoms with Gasteiger partial charge in [0, 0.05) is 19.2 Å². The third kappa shape index (κ3) is 1.51. The summed E-state index contributed by atoms with van der Waals surface area (Å²) in [6.07, 6.45) is 0.425. The Morgan fingerprint density at radius 1 is 1.60 bits per heavy atom. The summed E-state index contributed by atoms with van der Waals surface area (Å²) in [5.41, 5.74) is 7.76. The number of hydrogen-bond donors (Lipinski definition) is 1. The van der Waals surface area contributed by atoms with Crippen LogP contribution in [0.4, 0.5) is 10.6 Å². The topological polar surface area (TPSA) is 73.4 Å². The van der Waals surface area contributed by atoms with Crippen molar-refractivity contribution >= 4 is 11.9 Å². The van der Waals surface area contributed by atoms with Gasteiger partial charge in [0.15, 0.2) is 0 Å². The highest BCUT2D eigenvalue weighted by atomic mass is 16.5. The van der Waals surface area contributed by atoms with E-state index in [0.29, 0.717) is 18.9 Å². The number of hydrogen-bond acceptors (Lipinski definition) is 4. The molecule has 0 atom stereocenters. The maximum atomic E-state index is 11.3. The molecule has 0 spiro atoms. The number of carbonyl (C=O) groups is 1. The van der Waals surface area contributed by atoms with Gasteiger partial charge < -0.3 is 15.4 Å². The van der Waals surface area contributed by atoms with Gasteiger partial charge in [-0.25, -0.2) is 4.79 Å². The van der Waals surface area contributed by atoms with Crippen molar-refractivity contribution in [3.05, 3.63) is 11.3 Å². The van der Waals surface area contributed by atoms with Crippen molar-refractivity contribution in [3.63, 3.8) is 0 Å². The number of fused-ring (bicyclic) bond motifs is 1. The number of carbonyl (C=O) groups excluding carboxylic acids is 1. The molecule has 2 rings (SSSR count). The van der Waals surface area contributed by atoms with E-state index in [1.807, 2.05) is 0 Å². The van der Waals surface area contributed by atoms with Gasteiger partial charge in [-0.3, -0.25) is 4.68 Å². The lowest BCUT2D eigenvalue weighted by atomic mass is 10.1. The highest BCUT2D eigenvalue weighted by Gasteiger charge is 2.25. The molecule has 2 heterocycles. The van der Waals surface area contributed by atoms with Crippen molar-refractivity contribution in [3.8, 4) is 0 Å². The SMILES string of the molecule is COC(=O)N1CCc2c(nn(C)c2N)C1. The van der Waals surface area contributed by atoms with Gasteiger partial charge in [-0.15, -0.1) is 0 Å². The zero-order valence-corrected chi connectivity index (χ0v) is 8.86. The van der Waals surface area contributed by atoms with Gasteiger partial charge in [-0.1, -0.05) is 0 Å². The molecule has 1 aromatic rings. The summed E-state index contributed by atoms with van der Waals surface area (Å²) in [6.45, 7) is 1.11. The zero-order chi connectivity index (χ0) is 11.0. The largest absolute Gasteiger partial charge is 0.453 e. The first-order valence-electron chi connectivity index (χ1n) is 4.76. The van der Waals surface area contributed by atoms with Crippen LogP contribution in [0.5, 0.6) is 0 Å². The van der Waals surface area contributed by atoms with Gasteiger partial charge in [0.05, 0.1) is 19.3 Å². The van der Waals surface area contributed by atoms with E-state index in [2.05, 4.69) is 9.84 Å². The number of methoxy groups -OCH3 is 1. The van der Waals surface area contributed by atoms with Gasteiger partial charge in [0.25, 0.3) is 0 Å². The highest BCUT2D eigenvalue weighted by Crippen LogP contribution is 2.23. The first-order chi connectivity index (χ1) is 7.13. The number of nitrogens with two attached hydrogens (primary N) is 1. The average Bonchev–Trinajstić information content (AvgIpc) is 2.53. The zero-order valence-electron chi connectivity index (χ0n) is 8.86. The average molecular weight is 210 g/mol. The summed E-state index contributed by atoms with van der Waals surface area (Å²) >= 11 is 0. The van der Waals surface area contributed by atoms with Crippen molar-refractivity contribution in [2.24, 2.45) is 7.05 Å². The number of amides is 1. The maximum absolute atomic E-state index is 11.3. The van der Waals surface area contributed by atoms with Crippen LogP contribution in [0.3, 0.4) is 0 Å². The molecule has 82 valence electrons. The highest BCUT2D eigenvalue weighted by molar-refractivity contribution is 5.68. The Bertz CT molecular complexity index is 399. The molecule has 1 aromatic heterocycles. The molecular formula is C9H14N4O2. The van der Waals surface area contributed by atoms with Crippen LogP contribution in [-0.4, -0.2) is 34.4 Å². The predicted octanol–water partition coefficient (Wildman–Crippen LogP) is 0.127. The normalized spacial score (nSPS) is 14.9. The Morgan fingerprint density at radius 3 is 3.00 bits per heavy atom. The molecule has 6 nitrogen and oxygen atoms in total. The van der Waals surface area contributed by atoms with Crippen LogP contribution in [-0.2, 0) is 24.8 Å². The molecule has 0 radical (unpaired) electrons. The van der Waals surface area contributed by atoms with Crippen LogP contribution >= 0.6 is 0 Å². The van der Waals surface area contributed by atoms with E-state index in [4.69, 9.17) is 5.73 Å². The van der Waals surface area contributed by atoms with Crippen molar-refractivity contribution in [1.29, 1.82) is 0 Å². The van der Waals surface area contributed by atoms with Crippen LogP contribution < -0.4 is 5.73 Å². The van der Waals surface area contributed by atoms with Gasteiger partial charge in [-0.05, 0) is 6.42 Å². The van der Waals surface area contributed by atoms with Crippen LogP contribution in [0.2, 0.25) is 0 Å². The lowest BCUT2D eigenvalue weighted by Gasteiger charge is -2.24. The molecule has 0 aromatic carbocycles. The summed E-state index contributed by atoms with van der Waals surface area (Å²) in [4.78, 5) is 12.9. The minimum absolute atomic E-state index is 0.315. The van der Waals surface area contributed by atoms with Crippen LogP contribution in [0, 0.1) is 0 Å². The van der Waals surface area contributed by atoms with Crippen LogP contribution in [0.1, 0.15) is 11.3 Å². The third-order valence-corrected chi connectivity index (χ3v) is 2.68. The molecular weight excluding hydrogens is 196 g/mol. The smallest absolute Gasteiger partial charge is 0.409 e. The fraction of sp³-hybridized carbons (Fsp3) is 0.556. The van der Waals surface area contributed by atoms with E-state index in [9.17, 15) is 4.79 Å². The van der Waals surface area contributed by atoms with Crippen LogP contribution in [0.25, 0.3) is 0 Å². The second-order valence-electron chi connectivity index (χ2n) is 3.58. The lowest BCUT2D eigenvalue weighted by molar-refractivity contribution is 0.118. The molecule has 1 aliphatic rings. The van der Waals surface area contributed by atoms with E-state index >= 15 is 0 Å². The monoisotopic (exact) mass is 210 g/mol. The summed E-state index contributed by atoms with van der Waals surface area (Å²) in [7, 11) is 3.18. The van der Waals surface area contributed by atoms with E-state index in [1.54, 1.807) is 16.6 Å². The van der Waals surface area contributed by atoms with Gasteiger partial charge in [0.2, 0.25) is 0 Å². The summed E-state index contributed by atoms with van der Waals surface area (Å²) in [5.74, 6) is 0.689. The van der Waals surface area contributed by atoms with Crippen molar-refractivity contribution in [2.45, 2.75) is 13.0 Å². The molecule has 2 N–H and O–H groups in total.